The third kappa shape index (κ3) is 9.61. The average Bonchev–Trinajstić information content (AvgIpc) is 3.74. The molecule has 1 aliphatic carbocycles. The maximum Gasteiger partial charge on any atom is 0.273 e. The molecule has 0 unspecified atom stereocenters. The van der Waals surface area contributed by atoms with Gasteiger partial charge in [-0.05, 0) is 23.8 Å². The maximum absolute atomic E-state index is 13.6. The first-order valence-electron chi connectivity index (χ1n) is 16.1. The number of thiazole rings is 1. The van der Waals surface area contributed by atoms with E-state index in [4.69, 9.17) is 10.2 Å². The van der Waals surface area contributed by atoms with Crippen LogP contribution in [0.25, 0.3) is 0 Å². The third-order valence-electron chi connectivity index (χ3n) is 8.59. The Balaban J connectivity index is 0.00000500. The quantitative estimate of drug-likeness (QED) is 0.302. The minimum absolute atomic E-state index is 0. The summed E-state index contributed by atoms with van der Waals surface area (Å²) in [5.41, 5.74) is 7.57. The number of nitrogens with zero attached hydrogens (tertiary/aromatic N) is 3. The predicted molar refractivity (Wildman–Crippen MR) is 180 cm³/mol. The van der Waals surface area contributed by atoms with Crippen LogP contribution < -0.4 is 21.7 Å². The summed E-state index contributed by atoms with van der Waals surface area (Å²) < 4.78 is 5.71. The highest BCUT2D eigenvalue weighted by atomic mass is 35.5. The Morgan fingerprint density at radius 1 is 1.04 bits per heavy atom. The van der Waals surface area contributed by atoms with Gasteiger partial charge >= 0.3 is 0 Å². The van der Waals surface area contributed by atoms with E-state index >= 15 is 0 Å². The Morgan fingerprint density at radius 3 is 2.51 bits per heavy atom. The first-order valence-corrected chi connectivity index (χ1v) is 16.9. The molecule has 4 bridgehead atoms. The molecule has 254 valence electrons. The van der Waals surface area contributed by atoms with Crippen molar-refractivity contribution in [1.82, 2.24) is 30.8 Å². The molecular weight excluding hydrogens is 642 g/mol. The summed E-state index contributed by atoms with van der Waals surface area (Å²) in [7, 11) is 0. The summed E-state index contributed by atoms with van der Waals surface area (Å²) in [6.07, 6.45) is 7.75. The highest BCUT2D eigenvalue weighted by molar-refractivity contribution is 7.09. The van der Waals surface area contributed by atoms with Crippen LogP contribution in [0.15, 0.2) is 46.4 Å². The van der Waals surface area contributed by atoms with E-state index in [1.807, 2.05) is 44.2 Å². The fraction of sp³-hybridized carbons (Fsp3) is 0.515. The van der Waals surface area contributed by atoms with Gasteiger partial charge in [0.2, 0.25) is 17.7 Å². The van der Waals surface area contributed by atoms with Crippen LogP contribution in [0.5, 0.6) is 0 Å². The van der Waals surface area contributed by atoms with Gasteiger partial charge in [-0.1, -0.05) is 76.3 Å². The van der Waals surface area contributed by atoms with Crippen molar-refractivity contribution in [3.05, 3.63) is 69.8 Å². The molecule has 4 amide bonds. The first-order chi connectivity index (χ1) is 22.2. The van der Waals surface area contributed by atoms with Crippen LogP contribution in [-0.4, -0.2) is 64.2 Å². The zero-order valence-electron chi connectivity index (χ0n) is 26.8. The molecule has 1 aromatic carbocycles. The minimum atomic E-state index is -0.745. The highest BCUT2D eigenvalue weighted by Gasteiger charge is 2.30. The van der Waals surface area contributed by atoms with E-state index < -0.39 is 29.9 Å². The molecule has 1 aliphatic heterocycles. The van der Waals surface area contributed by atoms with Gasteiger partial charge in [-0.3, -0.25) is 19.2 Å². The van der Waals surface area contributed by atoms with Crippen molar-refractivity contribution in [3.63, 3.8) is 0 Å². The molecule has 3 heterocycles. The summed E-state index contributed by atoms with van der Waals surface area (Å²) in [4.78, 5) is 63.9. The van der Waals surface area contributed by atoms with Gasteiger partial charge < -0.3 is 31.0 Å². The van der Waals surface area contributed by atoms with Crippen molar-refractivity contribution in [3.8, 4) is 0 Å². The topological polar surface area (TPSA) is 173 Å². The number of carbonyl (C=O) groups excluding carboxylic acids is 4. The number of hydrogen-bond acceptors (Lipinski definition) is 9. The zero-order chi connectivity index (χ0) is 32.6. The zero-order valence-corrected chi connectivity index (χ0v) is 28.4. The Morgan fingerprint density at radius 2 is 1.79 bits per heavy atom. The molecule has 3 aromatic rings. The van der Waals surface area contributed by atoms with Crippen molar-refractivity contribution in [1.29, 1.82) is 0 Å². The number of nitrogens with two attached hydrogens (primary N) is 1. The van der Waals surface area contributed by atoms with Crippen LogP contribution in [-0.2, 0) is 16.0 Å². The van der Waals surface area contributed by atoms with E-state index in [0.717, 1.165) is 31.2 Å². The van der Waals surface area contributed by atoms with Gasteiger partial charge in [-0.2, -0.15) is 0 Å². The van der Waals surface area contributed by atoms with Crippen LogP contribution in [0.1, 0.15) is 102 Å². The summed E-state index contributed by atoms with van der Waals surface area (Å²) in [5, 5.41) is 11.0. The van der Waals surface area contributed by atoms with Crippen LogP contribution in [0.3, 0.4) is 0 Å². The van der Waals surface area contributed by atoms with Gasteiger partial charge in [-0.15, -0.1) is 23.7 Å². The van der Waals surface area contributed by atoms with Crippen molar-refractivity contribution in [2.75, 3.05) is 19.6 Å². The second-order valence-electron chi connectivity index (χ2n) is 12.5. The molecule has 0 spiro atoms. The third-order valence-corrected chi connectivity index (χ3v) is 9.51. The fourth-order valence-electron chi connectivity index (χ4n) is 6.05. The van der Waals surface area contributed by atoms with E-state index in [1.165, 1.54) is 28.9 Å². The molecule has 0 radical (unpaired) electrons. The predicted octanol–water partition coefficient (Wildman–Crippen LogP) is 3.95. The number of oxazole rings is 1. The molecule has 14 heteroatoms. The van der Waals surface area contributed by atoms with Crippen LogP contribution in [0, 0.1) is 11.8 Å². The van der Waals surface area contributed by atoms with Gasteiger partial charge in [0.15, 0.2) is 5.69 Å². The highest BCUT2D eigenvalue weighted by Crippen LogP contribution is 2.28. The number of nitrogens with one attached hydrogen (secondary N) is 3. The summed E-state index contributed by atoms with van der Waals surface area (Å²) in [6, 6.07) is 7.65. The normalized spacial score (nSPS) is 20.7. The fourth-order valence-corrected chi connectivity index (χ4v) is 7.08. The average molecular weight is 686 g/mol. The number of carbonyl (C=O) groups is 4. The largest absolute Gasteiger partial charge is 0.446 e. The van der Waals surface area contributed by atoms with Gasteiger partial charge in [0.25, 0.3) is 11.8 Å². The second-order valence-corrected chi connectivity index (χ2v) is 13.4. The lowest BCUT2D eigenvalue weighted by Crippen LogP contribution is -2.51. The number of rotatable bonds is 6. The summed E-state index contributed by atoms with van der Waals surface area (Å²) in [6.45, 7) is 3.83. The van der Waals surface area contributed by atoms with Gasteiger partial charge in [0.05, 0.1) is 18.6 Å². The number of benzene rings is 1. The molecule has 3 atom stereocenters. The Kier molecular flexibility index (Phi) is 12.9. The molecule has 47 heavy (non-hydrogen) atoms. The van der Waals surface area contributed by atoms with Gasteiger partial charge in [0.1, 0.15) is 23.0 Å². The standard InChI is InChI=1S/C33H43N7O5S.ClH/c1-20(2)28-32-38-26(19-46-32)30(43)36-24(16-22-11-7-4-8-12-22)31-37-25(18-45-31)29(42)35-13-14-40(17-27(41)39-28)33(44)23(34)15-21-9-5-3-6-10-21;/h4,7-8,11-12,18-21,23-24,28H,3,5-6,9-10,13-17,34H2,1-2H3,(H,35,42)(H,36,43)(H,39,41);1H/t23-,24-,28-;/m0./s1. The van der Waals surface area contributed by atoms with Crippen molar-refractivity contribution in [2.45, 2.75) is 76.9 Å². The summed E-state index contributed by atoms with van der Waals surface area (Å²) in [5.74, 6) is -1.14. The number of amides is 4. The Hall–Kier alpha value is -3.81. The Bertz CT molecular complexity index is 1510. The minimum Gasteiger partial charge on any atom is -0.446 e. The first kappa shape index (κ1) is 36.0. The molecule has 5 rings (SSSR count). The lowest BCUT2D eigenvalue weighted by atomic mass is 9.85. The lowest BCUT2D eigenvalue weighted by molar-refractivity contribution is -0.137. The van der Waals surface area contributed by atoms with E-state index in [2.05, 4.69) is 25.9 Å². The van der Waals surface area contributed by atoms with E-state index in [0.29, 0.717) is 23.8 Å². The van der Waals surface area contributed by atoms with Crippen LogP contribution in [0.4, 0.5) is 0 Å². The number of halogens is 1. The summed E-state index contributed by atoms with van der Waals surface area (Å²) >= 11 is 1.28. The van der Waals surface area contributed by atoms with Crippen molar-refractivity contribution >= 4 is 47.4 Å². The molecule has 12 nitrogen and oxygen atoms in total. The van der Waals surface area contributed by atoms with Gasteiger partial charge in [0, 0.05) is 24.9 Å². The molecule has 2 aliphatic rings. The van der Waals surface area contributed by atoms with Crippen LogP contribution >= 0.6 is 23.7 Å². The van der Waals surface area contributed by atoms with Crippen molar-refractivity contribution < 1.29 is 23.6 Å². The van der Waals surface area contributed by atoms with E-state index in [1.54, 1.807) is 5.38 Å². The molecule has 1 saturated carbocycles. The monoisotopic (exact) mass is 685 g/mol. The lowest BCUT2D eigenvalue weighted by Gasteiger charge is -2.29. The SMILES string of the molecule is CC(C)[C@@H]1NC(=O)CN(C(=O)[C@@H](N)CC2CCCCC2)CCNC(=O)c2coc(n2)[C@H](Cc2ccccc2)NC(=O)c2csc1n2.Cl. The molecule has 5 N–H and O–H groups in total. The van der Waals surface area contributed by atoms with E-state index in [-0.39, 0.29) is 67.1 Å². The number of aromatic nitrogens is 2. The van der Waals surface area contributed by atoms with Crippen molar-refractivity contribution in [2.24, 2.45) is 17.6 Å². The van der Waals surface area contributed by atoms with E-state index in [9.17, 15) is 19.2 Å². The number of hydrogen-bond donors (Lipinski definition) is 4. The molecular formula is C33H44ClN7O5S. The van der Waals surface area contributed by atoms with Gasteiger partial charge in [-0.25, -0.2) is 9.97 Å². The molecule has 0 saturated heterocycles. The molecule has 2 aromatic heterocycles. The number of fused-ring (bicyclic) bond motifs is 4. The molecule has 1 fully saturated rings. The smallest absolute Gasteiger partial charge is 0.273 e. The maximum atomic E-state index is 13.6. The second kappa shape index (κ2) is 16.8. The van der Waals surface area contributed by atoms with Crippen LogP contribution in [0.2, 0.25) is 0 Å². The Labute approximate surface area is 285 Å².